The van der Waals surface area contributed by atoms with Crippen molar-refractivity contribution in [2.24, 2.45) is 0 Å². The van der Waals surface area contributed by atoms with E-state index in [-0.39, 0.29) is 24.3 Å². The summed E-state index contributed by atoms with van der Waals surface area (Å²) in [7, 11) is 1.60. The summed E-state index contributed by atoms with van der Waals surface area (Å²) in [5.41, 5.74) is 2.90. The molecule has 0 spiro atoms. The SMILES string of the molecule is COc1ccc2ccccc2c1/C=C1\SC(=O)N(CCOc2cc(C)ccc2C)C1=O. The minimum Gasteiger partial charge on any atom is -0.496 e. The molecule has 5 nitrogen and oxygen atoms in total. The van der Waals surface area contributed by atoms with E-state index in [0.717, 1.165) is 45.0 Å². The maximum Gasteiger partial charge on any atom is 0.293 e. The van der Waals surface area contributed by atoms with E-state index in [4.69, 9.17) is 9.47 Å². The molecule has 1 aliphatic heterocycles. The lowest BCUT2D eigenvalue weighted by Crippen LogP contribution is -2.32. The van der Waals surface area contributed by atoms with Crippen molar-refractivity contribution in [2.75, 3.05) is 20.3 Å². The predicted molar refractivity (Wildman–Crippen MR) is 125 cm³/mol. The average molecular weight is 434 g/mol. The molecule has 0 radical (unpaired) electrons. The molecule has 1 aliphatic rings. The van der Waals surface area contributed by atoms with E-state index in [0.29, 0.717) is 10.7 Å². The van der Waals surface area contributed by atoms with Crippen molar-refractivity contribution >= 4 is 39.8 Å². The molecule has 4 rings (SSSR count). The molecule has 1 fully saturated rings. The number of aryl methyl sites for hydroxylation is 2. The zero-order valence-corrected chi connectivity index (χ0v) is 18.5. The second kappa shape index (κ2) is 8.86. The minimum absolute atomic E-state index is 0.196. The smallest absolute Gasteiger partial charge is 0.293 e. The van der Waals surface area contributed by atoms with Gasteiger partial charge in [-0.25, -0.2) is 0 Å². The standard InChI is InChI=1S/C25H23NO4S/c1-16-8-9-17(2)22(14-16)30-13-12-26-24(27)23(31-25(26)28)15-20-19-7-5-4-6-18(19)10-11-21(20)29-3/h4-11,14-15H,12-13H2,1-3H3/b23-15-. The Kier molecular flexibility index (Phi) is 6.00. The van der Waals surface area contributed by atoms with Crippen LogP contribution in [0.25, 0.3) is 16.8 Å². The van der Waals surface area contributed by atoms with E-state index in [2.05, 4.69) is 0 Å². The molecule has 3 aromatic carbocycles. The first-order valence-electron chi connectivity index (χ1n) is 9.99. The number of methoxy groups -OCH3 is 1. The van der Waals surface area contributed by atoms with Gasteiger partial charge in [-0.3, -0.25) is 14.5 Å². The highest BCUT2D eigenvalue weighted by Crippen LogP contribution is 2.36. The van der Waals surface area contributed by atoms with E-state index < -0.39 is 0 Å². The molecule has 0 bridgehead atoms. The highest BCUT2D eigenvalue weighted by Gasteiger charge is 2.35. The lowest BCUT2D eigenvalue weighted by atomic mass is 10.0. The number of ether oxygens (including phenoxy) is 2. The minimum atomic E-state index is -0.311. The summed E-state index contributed by atoms with van der Waals surface area (Å²) in [6.45, 7) is 4.40. The van der Waals surface area contributed by atoms with Gasteiger partial charge in [0.1, 0.15) is 18.1 Å². The van der Waals surface area contributed by atoms with Crippen molar-refractivity contribution < 1.29 is 19.1 Å². The van der Waals surface area contributed by atoms with Crippen LogP contribution < -0.4 is 9.47 Å². The number of benzene rings is 3. The Hall–Kier alpha value is -3.25. The number of thioether (sulfide) groups is 1. The summed E-state index contributed by atoms with van der Waals surface area (Å²) in [5.74, 6) is 1.11. The zero-order valence-electron chi connectivity index (χ0n) is 17.7. The summed E-state index contributed by atoms with van der Waals surface area (Å²) >= 11 is 0.944. The normalized spacial score (nSPS) is 15.2. The molecule has 3 aromatic rings. The second-order valence-corrected chi connectivity index (χ2v) is 8.35. The Morgan fingerprint density at radius 2 is 1.81 bits per heavy atom. The molecule has 0 aromatic heterocycles. The number of hydrogen-bond acceptors (Lipinski definition) is 5. The average Bonchev–Trinajstić information content (AvgIpc) is 3.03. The molecule has 31 heavy (non-hydrogen) atoms. The van der Waals surface area contributed by atoms with E-state index in [9.17, 15) is 9.59 Å². The number of hydrogen-bond donors (Lipinski definition) is 0. The zero-order chi connectivity index (χ0) is 22.0. The van der Waals surface area contributed by atoms with Crippen molar-refractivity contribution in [3.63, 3.8) is 0 Å². The van der Waals surface area contributed by atoms with E-state index >= 15 is 0 Å². The third-order valence-electron chi connectivity index (χ3n) is 5.22. The van der Waals surface area contributed by atoms with Gasteiger partial charge in [0.15, 0.2) is 0 Å². The molecule has 2 amide bonds. The first-order valence-corrected chi connectivity index (χ1v) is 10.8. The summed E-state index contributed by atoms with van der Waals surface area (Å²) in [6, 6.07) is 17.7. The van der Waals surface area contributed by atoms with Gasteiger partial charge in [0, 0.05) is 5.56 Å². The van der Waals surface area contributed by atoms with Gasteiger partial charge < -0.3 is 9.47 Å². The van der Waals surface area contributed by atoms with Crippen molar-refractivity contribution in [2.45, 2.75) is 13.8 Å². The molecule has 1 heterocycles. The van der Waals surface area contributed by atoms with E-state index in [1.54, 1.807) is 13.2 Å². The molecule has 0 aliphatic carbocycles. The van der Waals surface area contributed by atoms with Crippen LogP contribution in [0.2, 0.25) is 0 Å². The van der Waals surface area contributed by atoms with Gasteiger partial charge in [-0.15, -0.1) is 0 Å². The fourth-order valence-electron chi connectivity index (χ4n) is 3.54. The largest absolute Gasteiger partial charge is 0.496 e. The molecular weight excluding hydrogens is 410 g/mol. The van der Waals surface area contributed by atoms with Crippen LogP contribution in [0.15, 0.2) is 59.5 Å². The van der Waals surface area contributed by atoms with Crippen LogP contribution in [0.1, 0.15) is 16.7 Å². The van der Waals surface area contributed by atoms with Crippen molar-refractivity contribution in [1.82, 2.24) is 4.90 Å². The van der Waals surface area contributed by atoms with Gasteiger partial charge >= 0.3 is 0 Å². The highest BCUT2D eigenvalue weighted by molar-refractivity contribution is 8.18. The first kappa shape index (κ1) is 21.0. The van der Waals surface area contributed by atoms with Crippen LogP contribution >= 0.6 is 11.8 Å². The molecule has 158 valence electrons. The number of amides is 2. The Labute approximate surface area is 185 Å². The Morgan fingerprint density at radius 3 is 2.61 bits per heavy atom. The number of nitrogens with zero attached hydrogens (tertiary/aromatic N) is 1. The lowest BCUT2D eigenvalue weighted by molar-refractivity contribution is -0.123. The van der Waals surface area contributed by atoms with Crippen LogP contribution in [0.4, 0.5) is 4.79 Å². The van der Waals surface area contributed by atoms with Gasteiger partial charge in [-0.1, -0.05) is 42.5 Å². The summed E-state index contributed by atoms with van der Waals surface area (Å²) in [6.07, 6.45) is 1.75. The monoisotopic (exact) mass is 433 g/mol. The summed E-state index contributed by atoms with van der Waals surface area (Å²) < 4.78 is 11.3. The second-order valence-electron chi connectivity index (χ2n) is 7.35. The predicted octanol–water partition coefficient (Wildman–Crippen LogP) is 5.58. The molecule has 0 atom stereocenters. The summed E-state index contributed by atoms with van der Waals surface area (Å²) in [5, 5.41) is 1.71. The molecule has 0 N–H and O–H groups in total. The van der Waals surface area contributed by atoms with E-state index in [1.807, 2.05) is 68.4 Å². The number of rotatable bonds is 6. The van der Waals surface area contributed by atoms with E-state index in [1.165, 1.54) is 4.90 Å². The maximum atomic E-state index is 12.9. The molecular formula is C25H23NO4S. The van der Waals surface area contributed by atoms with Gasteiger partial charge in [-0.2, -0.15) is 0 Å². The quantitative estimate of drug-likeness (QED) is 0.475. The fraction of sp³-hybridized carbons (Fsp3) is 0.200. The lowest BCUT2D eigenvalue weighted by Gasteiger charge is -2.14. The summed E-state index contributed by atoms with van der Waals surface area (Å²) in [4.78, 5) is 27.1. The van der Waals surface area contributed by atoms with Crippen LogP contribution in [-0.2, 0) is 4.79 Å². The number of fused-ring (bicyclic) bond motifs is 1. The maximum absolute atomic E-state index is 12.9. The van der Waals surface area contributed by atoms with Crippen LogP contribution in [-0.4, -0.2) is 36.3 Å². The molecule has 0 unspecified atom stereocenters. The number of carbonyl (C=O) groups excluding carboxylic acids is 2. The molecule has 6 heteroatoms. The highest BCUT2D eigenvalue weighted by atomic mass is 32.2. The number of imide groups is 1. The van der Waals surface area contributed by atoms with Gasteiger partial charge in [-0.05, 0) is 65.7 Å². The van der Waals surface area contributed by atoms with Crippen molar-refractivity contribution in [3.05, 3.63) is 76.2 Å². The molecule has 1 saturated heterocycles. The third kappa shape index (κ3) is 4.30. The van der Waals surface area contributed by atoms with Crippen LogP contribution in [0.3, 0.4) is 0 Å². The van der Waals surface area contributed by atoms with Crippen LogP contribution in [0.5, 0.6) is 11.5 Å². The Morgan fingerprint density at radius 1 is 1.00 bits per heavy atom. The van der Waals surface area contributed by atoms with Gasteiger partial charge in [0.25, 0.3) is 11.1 Å². The van der Waals surface area contributed by atoms with Gasteiger partial charge in [0.05, 0.1) is 18.6 Å². The molecule has 0 saturated carbocycles. The number of carbonyl (C=O) groups is 2. The Bertz CT molecular complexity index is 1200. The topological polar surface area (TPSA) is 55.8 Å². The van der Waals surface area contributed by atoms with Crippen molar-refractivity contribution in [1.29, 1.82) is 0 Å². The van der Waals surface area contributed by atoms with Crippen molar-refractivity contribution in [3.8, 4) is 11.5 Å². The third-order valence-corrected chi connectivity index (χ3v) is 6.12. The van der Waals surface area contributed by atoms with Crippen LogP contribution in [0, 0.1) is 13.8 Å². The Balaban J connectivity index is 1.54. The van der Waals surface area contributed by atoms with Gasteiger partial charge in [0.2, 0.25) is 0 Å². The first-order chi connectivity index (χ1) is 15.0. The fourth-order valence-corrected chi connectivity index (χ4v) is 4.38.